The molecule has 2 aromatic rings. The van der Waals surface area contributed by atoms with Crippen LogP contribution in [0.1, 0.15) is 27.9 Å². The van der Waals surface area contributed by atoms with E-state index in [2.05, 4.69) is 10.1 Å². The number of nitrogens with one attached hydrogen (secondary N) is 1. The van der Waals surface area contributed by atoms with Gasteiger partial charge in [-0.15, -0.1) is 0 Å². The van der Waals surface area contributed by atoms with E-state index in [0.717, 1.165) is 17.5 Å². The zero-order valence-corrected chi connectivity index (χ0v) is 16.4. The van der Waals surface area contributed by atoms with Crippen LogP contribution in [0.15, 0.2) is 36.4 Å². The van der Waals surface area contributed by atoms with Crippen LogP contribution in [0, 0.1) is 0 Å². The van der Waals surface area contributed by atoms with E-state index in [0.29, 0.717) is 48.3 Å². The second kappa shape index (κ2) is 9.46. The molecule has 0 bridgehead atoms. The maximum atomic E-state index is 12.2. The largest absolute Gasteiger partial charge is 0.489 e. The first-order valence-corrected chi connectivity index (χ1v) is 9.46. The number of esters is 1. The van der Waals surface area contributed by atoms with E-state index in [4.69, 9.17) is 21.1 Å². The maximum absolute atomic E-state index is 12.2. The molecule has 0 atom stereocenters. The van der Waals surface area contributed by atoms with E-state index in [9.17, 15) is 9.59 Å². The Morgan fingerprint density at radius 1 is 1.11 bits per heavy atom. The lowest BCUT2D eigenvalue weighted by atomic mass is 10.1. The van der Waals surface area contributed by atoms with E-state index in [1.54, 1.807) is 24.3 Å². The minimum absolute atomic E-state index is 0.100. The highest BCUT2D eigenvalue weighted by molar-refractivity contribution is 6.32. The summed E-state index contributed by atoms with van der Waals surface area (Å²) >= 11 is 6.26. The summed E-state index contributed by atoms with van der Waals surface area (Å²) in [6.07, 6.45) is 1.66. The molecule has 1 heterocycles. The molecule has 7 heteroatoms. The number of carbonyl (C=O) groups excluding carboxylic acids is 2. The van der Waals surface area contributed by atoms with Gasteiger partial charge in [0.25, 0.3) is 0 Å². The molecular weight excluding hydrogens is 382 g/mol. The van der Waals surface area contributed by atoms with Crippen LogP contribution < -0.4 is 14.8 Å². The first kappa shape index (κ1) is 20.0. The van der Waals surface area contributed by atoms with Crippen molar-refractivity contribution in [2.45, 2.75) is 19.3 Å². The van der Waals surface area contributed by atoms with Crippen LogP contribution in [0.5, 0.6) is 11.5 Å². The second-order valence-corrected chi connectivity index (χ2v) is 6.83. The molecule has 0 spiro atoms. The van der Waals surface area contributed by atoms with Crippen molar-refractivity contribution in [3.05, 3.63) is 58.1 Å². The number of carbonyl (C=O) groups is 2. The van der Waals surface area contributed by atoms with Crippen LogP contribution in [-0.2, 0) is 22.4 Å². The first-order valence-electron chi connectivity index (χ1n) is 9.09. The Balaban J connectivity index is 1.51. The van der Waals surface area contributed by atoms with Gasteiger partial charge in [-0.25, -0.2) is 4.79 Å². The minimum Gasteiger partial charge on any atom is -0.489 e. The van der Waals surface area contributed by atoms with Gasteiger partial charge in [0.05, 0.1) is 37.3 Å². The van der Waals surface area contributed by atoms with Gasteiger partial charge in [0.1, 0.15) is 0 Å². The van der Waals surface area contributed by atoms with Crippen molar-refractivity contribution < 1.29 is 23.8 Å². The molecule has 0 aromatic heterocycles. The average molecular weight is 404 g/mol. The number of hydrogen-bond acceptors (Lipinski definition) is 5. The Kier molecular flexibility index (Phi) is 6.76. The minimum atomic E-state index is -0.367. The summed E-state index contributed by atoms with van der Waals surface area (Å²) in [6, 6.07) is 10.7. The molecule has 28 heavy (non-hydrogen) atoms. The van der Waals surface area contributed by atoms with Crippen LogP contribution in [-0.4, -0.2) is 38.7 Å². The molecule has 3 rings (SSSR count). The standard InChI is InChI=1S/C21H22ClNO5/c1-26-21(25)16-5-3-14(4-6-16)7-8-23-19(24)13-15-11-17(22)20-18(12-15)27-9-2-10-28-20/h3-6,11-12H,2,7-10,13H2,1H3,(H,23,24). The molecule has 1 aliphatic rings. The summed E-state index contributed by atoms with van der Waals surface area (Å²) in [6.45, 7) is 1.62. The third kappa shape index (κ3) is 5.16. The van der Waals surface area contributed by atoms with Gasteiger partial charge < -0.3 is 19.5 Å². The van der Waals surface area contributed by atoms with E-state index >= 15 is 0 Å². The van der Waals surface area contributed by atoms with Gasteiger partial charge in [-0.3, -0.25) is 4.79 Å². The number of halogens is 1. The number of methoxy groups -OCH3 is 1. The second-order valence-electron chi connectivity index (χ2n) is 6.42. The summed E-state index contributed by atoms with van der Waals surface area (Å²) < 4.78 is 15.9. The Morgan fingerprint density at radius 3 is 2.61 bits per heavy atom. The first-order chi connectivity index (χ1) is 13.6. The number of fused-ring (bicyclic) bond motifs is 1. The van der Waals surface area contributed by atoms with Crippen LogP contribution in [0.4, 0.5) is 0 Å². The number of ether oxygens (including phenoxy) is 3. The maximum Gasteiger partial charge on any atom is 0.337 e. The van der Waals surface area contributed by atoms with Crippen LogP contribution in [0.3, 0.4) is 0 Å². The van der Waals surface area contributed by atoms with Crippen LogP contribution >= 0.6 is 11.6 Å². The summed E-state index contributed by atoms with van der Waals surface area (Å²) in [5, 5.41) is 3.35. The molecule has 1 amide bonds. The van der Waals surface area contributed by atoms with Crippen molar-refractivity contribution in [2.75, 3.05) is 26.9 Å². The third-order valence-corrected chi connectivity index (χ3v) is 4.62. The smallest absolute Gasteiger partial charge is 0.337 e. The van der Waals surface area contributed by atoms with Gasteiger partial charge in [-0.2, -0.15) is 0 Å². The summed E-state index contributed by atoms with van der Waals surface area (Å²) in [7, 11) is 1.35. The van der Waals surface area contributed by atoms with Crippen molar-refractivity contribution >= 4 is 23.5 Å². The molecule has 148 valence electrons. The molecule has 0 aliphatic carbocycles. The molecule has 0 radical (unpaired) electrons. The Hall–Kier alpha value is -2.73. The van der Waals surface area contributed by atoms with Gasteiger partial charge in [0, 0.05) is 13.0 Å². The Morgan fingerprint density at radius 2 is 1.86 bits per heavy atom. The third-order valence-electron chi connectivity index (χ3n) is 4.34. The van der Waals surface area contributed by atoms with Gasteiger partial charge in [0.2, 0.25) is 5.91 Å². The molecule has 2 aromatic carbocycles. The topological polar surface area (TPSA) is 73.9 Å². The van der Waals surface area contributed by atoms with E-state index in [1.165, 1.54) is 7.11 Å². The summed E-state index contributed by atoms with van der Waals surface area (Å²) in [4.78, 5) is 23.7. The predicted octanol–water partition coefficient (Wildman–Crippen LogP) is 3.19. The zero-order chi connectivity index (χ0) is 19.9. The van der Waals surface area contributed by atoms with Gasteiger partial charge in [-0.1, -0.05) is 23.7 Å². The van der Waals surface area contributed by atoms with Crippen molar-refractivity contribution in [3.63, 3.8) is 0 Å². The fourth-order valence-corrected chi connectivity index (χ4v) is 3.19. The molecule has 0 unspecified atom stereocenters. The highest BCUT2D eigenvalue weighted by Gasteiger charge is 2.16. The average Bonchev–Trinajstić information content (AvgIpc) is 2.94. The van der Waals surface area contributed by atoms with Crippen LogP contribution in [0.2, 0.25) is 5.02 Å². The summed E-state index contributed by atoms with van der Waals surface area (Å²) in [5.74, 6) is 0.655. The quantitative estimate of drug-likeness (QED) is 0.750. The van der Waals surface area contributed by atoms with Crippen molar-refractivity contribution in [2.24, 2.45) is 0 Å². The molecule has 1 N–H and O–H groups in total. The SMILES string of the molecule is COC(=O)c1ccc(CCNC(=O)Cc2cc(Cl)c3c(c2)OCCCO3)cc1. The lowest BCUT2D eigenvalue weighted by Gasteiger charge is -2.12. The highest BCUT2D eigenvalue weighted by atomic mass is 35.5. The number of benzene rings is 2. The normalized spacial score (nSPS) is 12.8. The molecular formula is C21H22ClNO5. The monoisotopic (exact) mass is 403 g/mol. The zero-order valence-electron chi connectivity index (χ0n) is 15.6. The molecule has 6 nitrogen and oxygen atoms in total. The Labute approximate surface area is 168 Å². The highest BCUT2D eigenvalue weighted by Crippen LogP contribution is 2.38. The van der Waals surface area contributed by atoms with Gasteiger partial charge >= 0.3 is 5.97 Å². The van der Waals surface area contributed by atoms with E-state index in [1.807, 2.05) is 12.1 Å². The molecule has 1 aliphatic heterocycles. The predicted molar refractivity (Wildman–Crippen MR) is 105 cm³/mol. The fourth-order valence-electron chi connectivity index (χ4n) is 2.91. The van der Waals surface area contributed by atoms with Gasteiger partial charge in [-0.05, 0) is 41.8 Å². The lowest BCUT2D eigenvalue weighted by Crippen LogP contribution is -2.27. The molecule has 0 saturated heterocycles. The van der Waals surface area contributed by atoms with E-state index in [-0.39, 0.29) is 18.3 Å². The number of rotatable bonds is 6. The van der Waals surface area contributed by atoms with E-state index < -0.39 is 0 Å². The summed E-state index contributed by atoms with van der Waals surface area (Å²) in [5.41, 5.74) is 2.29. The fraction of sp³-hybridized carbons (Fsp3) is 0.333. The Bertz CT molecular complexity index is 851. The number of amides is 1. The van der Waals surface area contributed by atoms with Crippen LogP contribution in [0.25, 0.3) is 0 Å². The van der Waals surface area contributed by atoms with Gasteiger partial charge in [0.15, 0.2) is 11.5 Å². The molecule has 0 fully saturated rings. The molecule has 0 saturated carbocycles. The van der Waals surface area contributed by atoms with Crippen molar-refractivity contribution in [1.82, 2.24) is 5.32 Å². The lowest BCUT2D eigenvalue weighted by molar-refractivity contribution is -0.120. The number of hydrogen-bond donors (Lipinski definition) is 1. The van der Waals surface area contributed by atoms with Crippen molar-refractivity contribution in [3.8, 4) is 11.5 Å². The van der Waals surface area contributed by atoms with Crippen molar-refractivity contribution in [1.29, 1.82) is 0 Å².